The number of H-pyrrole nitrogens is 1. The van der Waals surface area contributed by atoms with Crippen molar-refractivity contribution < 1.29 is 9.53 Å². The van der Waals surface area contributed by atoms with E-state index < -0.39 is 0 Å². The maximum absolute atomic E-state index is 12.1. The number of benzene rings is 1. The van der Waals surface area contributed by atoms with Crippen molar-refractivity contribution in [2.75, 3.05) is 6.61 Å². The Bertz CT molecular complexity index is 734. The van der Waals surface area contributed by atoms with Gasteiger partial charge in [-0.2, -0.15) is 0 Å². The molecule has 0 fully saturated rings. The van der Waals surface area contributed by atoms with Gasteiger partial charge >= 0.3 is 5.97 Å². The van der Waals surface area contributed by atoms with Crippen LogP contribution < -0.4 is 0 Å². The molecule has 1 heterocycles. The quantitative estimate of drug-likeness (QED) is 0.191. The van der Waals surface area contributed by atoms with Gasteiger partial charge in [-0.1, -0.05) is 97.3 Å². The van der Waals surface area contributed by atoms with Gasteiger partial charge in [0.2, 0.25) is 0 Å². The molecule has 0 amide bonds. The molecule has 31 heavy (non-hydrogen) atoms. The maximum Gasteiger partial charge on any atom is 0.338 e. The number of ether oxygens (including phenoxy) is 1. The Hall–Kier alpha value is -1.77. The monoisotopic (exact) mass is 427 g/mol. The fourth-order valence-corrected chi connectivity index (χ4v) is 4.18. The molecule has 0 saturated carbocycles. The first-order chi connectivity index (χ1) is 15.2. The Morgan fingerprint density at radius 3 is 1.94 bits per heavy atom. The number of aryl methyl sites for hydroxylation is 1. The van der Waals surface area contributed by atoms with Gasteiger partial charge in [0.1, 0.15) is 0 Å². The molecule has 2 rings (SSSR count). The van der Waals surface area contributed by atoms with Gasteiger partial charge in [-0.3, -0.25) is 0 Å². The summed E-state index contributed by atoms with van der Waals surface area (Å²) in [6.45, 7) is 4.88. The lowest BCUT2D eigenvalue weighted by atomic mass is 10.0. The molecule has 0 aliphatic carbocycles. The molecule has 0 saturated heterocycles. The minimum Gasteiger partial charge on any atom is -0.462 e. The first kappa shape index (κ1) is 25.5. The number of aromatic nitrogens is 1. The van der Waals surface area contributed by atoms with Crippen molar-refractivity contribution in [2.45, 2.75) is 117 Å². The summed E-state index contributed by atoms with van der Waals surface area (Å²) in [6, 6.07) is 8.01. The molecule has 0 unspecified atom stereocenters. The number of esters is 1. The fraction of sp³-hybridized carbons (Fsp3) is 0.679. The summed E-state index contributed by atoms with van der Waals surface area (Å²) >= 11 is 0. The highest BCUT2D eigenvalue weighted by atomic mass is 16.5. The molecule has 1 aromatic heterocycles. The van der Waals surface area contributed by atoms with Gasteiger partial charge in [0.25, 0.3) is 0 Å². The lowest BCUT2D eigenvalue weighted by molar-refractivity contribution is 0.0500. The standard InChI is InChI=1S/C28H45NO2/c1-3-5-7-8-9-10-11-12-13-14-15-16-17-18-26-23-25-22-24(19-20-27(25)29-26)28(30)31-21-6-4-2/h19-20,22-23,29H,3-18,21H2,1-2H3. The van der Waals surface area contributed by atoms with Crippen molar-refractivity contribution in [3.63, 3.8) is 0 Å². The molecule has 0 bridgehead atoms. The van der Waals surface area contributed by atoms with Crippen molar-refractivity contribution in [3.05, 3.63) is 35.5 Å². The van der Waals surface area contributed by atoms with E-state index in [2.05, 4.69) is 24.9 Å². The molecule has 1 aromatic carbocycles. The summed E-state index contributed by atoms with van der Waals surface area (Å²) < 4.78 is 5.33. The normalized spacial score (nSPS) is 11.3. The van der Waals surface area contributed by atoms with Crippen LogP contribution in [0.2, 0.25) is 0 Å². The topological polar surface area (TPSA) is 42.1 Å². The number of carbonyl (C=O) groups is 1. The third kappa shape index (κ3) is 10.4. The zero-order chi connectivity index (χ0) is 22.2. The van der Waals surface area contributed by atoms with Crippen LogP contribution in [-0.2, 0) is 11.2 Å². The van der Waals surface area contributed by atoms with Crippen LogP contribution in [0.3, 0.4) is 0 Å². The van der Waals surface area contributed by atoms with Gasteiger partial charge in [-0.25, -0.2) is 4.79 Å². The zero-order valence-corrected chi connectivity index (χ0v) is 20.1. The average molecular weight is 428 g/mol. The predicted molar refractivity (Wildman–Crippen MR) is 133 cm³/mol. The fourth-order valence-electron chi connectivity index (χ4n) is 4.18. The summed E-state index contributed by atoms with van der Waals surface area (Å²) in [5, 5.41) is 1.11. The predicted octanol–water partition coefficient (Wildman–Crippen LogP) is 8.76. The highest BCUT2D eigenvalue weighted by Gasteiger charge is 2.09. The van der Waals surface area contributed by atoms with Gasteiger partial charge in [0.05, 0.1) is 12.2 Å². The van der Waals surface area contributed by atoms with Crippen LogP contribution in [0, 0.1) is 0 Å². The Morgan fingerprint density at radius 2 is 1.32 bits per heavy atom. The molecule has 0 aliphatic heterocycles. The average Bonchev–Trinajstić information content (AvgIpc) is 3.19. The number of aromatic amines is 1. The Morgan fingerprint density at radius 1 is 0.742 bits per heavy atom. The number of nitrogens with one attached hydrogen (secondary N) is 1. The molecule has 2 aromatic rings. The third-order valence-electron chi connectivity index (χ3n) is 6.19. The van der Waals surface area contributed by atoms with Crippen LogP contribution >= 0.6 is 0 Å². The maximum atomic E-state index is 12.1. The van der Waals surface area contributed by atoms with Crippen LogP contribution in [0.15, 0.2) is 24.3 Å². The summed E-state index contributed by atoms with van der Waals surface area (Å²) in [6.07, 6.45) is 21.0. The van der Waals surface area contributed by atoms with Gasteiger partial charge in [0.15, 0.2) is 0 Å². The first-order valence-corrected chi connectivity index (χ1v) is 13.0. The lowest BCUT2D eigenvalue weighted by Crippen LogP contribution is -2.05. The first-order valence-electron chi connectivity index (χ1n) is 13.0. The second-order valence-corrected chi connectivity index (χ2v) is 9.08. The van der Waals surface area contributed by atoms with Crippen molar-refractivity contribution in [1.29, 1.82) is 0 Å². The second-order valence-electron chi connectivity index (χ2n) is 9.08. The van der Waals surface area contributed by atoms with Crippen molar-refractivity contribution in [3.8, 4) is 0 Å². The molecule has 174 valence electrons. The lowest BCUT2D eigenvalue weighted by Gasteiger charge is -2.03. The van der Waals surface area contributed by atoms with Gasteiger partial charge in [0, 0.05) is 16.6 Å². The molecule has 0 spiro atoms. The Balaban J connectivity index is 1.56. The minimum absolute atomic E-state index is 0.213. The van der Waals surface area contributed by atoms with Crippen LogP contribution in [0.4, 0.5) is 0 Å². The highest BCUT2D eigenvalue weighted by Crippen LogP contribution is 2.20. The molecular formula is C28H45NO2. The summed E-state index contributed by atoms with van der Waals surface area (Å²) in [7, 11) is 0. The number of carbonyl (C=O) groups excluding carboxylic acids is 1. The van der Waals surface area contributed by atoms with E-state index in [0.717, 1.165) is 30.2 Å². The molecular weight excluding hydrogens is 382 g/mol. The van der Waals surface area contributed by atoms with E-state index in [-0.39, 0.29) is 5.97 Å². The molecule has 0 radical (unpaired) electrons. The molecule has 1 N–H and O–H groups in total. The smallest absolute Gasteiger partial charge is 0.338 e. The van der Waals surface area contributed by atoms with Crippen LogP contribution in [-0.4, -0.2) is 17.6 Å². The van der Waals surface area contributed by atoms with E-state index in [4.69, 9.17) is 4.74 Å². The van der Waals surface area contributed by atoms with E-state index in [0.29, 0.717) is 12.2 Å². The molecule has 0 atom stereocenters. The summed E-state index contributed by atoms with van der Waals surface area (Å²) in [5.74, 6) is -0.213. The van der Waals surface area contributed by atoms with E-state index in [1.807, 2.05) is 18.2 Å². The van der Waals surface area contributed by atoms with Gasteiger partial charge in [-0.15, -0.1) is 0 Å². The van der Waals surface area contributed by atoms with E-state index >= 15 is 0 Å². The largest absolute Gasteiger partial charge is 0.462 e. The van der Waals surface area contributed by atoms with Crippen molar-refractivity contribution in [2.24, 2.45) is 0 Å². The van der Waals surface area contributed by atoms with E-state index in [1.165, 1.54) is 89.2 Å². The summed E-state index contributed by atoms with van der Waals surface area (Å²) in [4.78, 5) is 15.7. The minimum atomic E-state index is -0.213. The van der Waals surface area contributed by atoms with Crippen LogP contribution in [0.1, 0.15) is 126 Å². The number of fused-ring (bicyclic) bond motifs is 1. The SMILES string of the molecule is CCCCCCCCCCCCCCCc1cc2cc(C(=O)OCCCC)ccc2[nH]1. The summed E-state index contributed by atoms with van der Waals surface area (Å²) in [5.41, 5.74) is 3.03. The van der Waals surface area contributed by atoms with Gasteiger partial charge < -0.3 is 9.72 Å². The van der Waals surface area contributed by atoms with E-state index in [9.17, 15) is 4.79 Å². The van der Waals surface area contributed by atoms with Crippen molar-refractivity contribution >= 4 is 16.9 Å². The Kier molecular flexibility index (Phi) is 13.1. The van der Waals surface area contributed by atoms with Crippen LogP contribution in [0.5, 0.6) is 0 Å². The Labute approximate surface area is 190 Å². The highest BCUT2D eigenvalue weighted by molar-refractivity contribution is 5.94. The number of hydrogen-bond acceptors (Lipinski definition) is 2. The number of hydrogen-bond donors (Lipinski definition) is 1. The molecule has 3 heteroatoms. The van der Waals surface area contributed by atoms with Gasteiger partial charge in [-0.05, 0) is 43.5 Å². The second kappa shape index (κ2) is 15.9. The zero-order valence-electron chi connectivity index (χ0n) is 20.1. The van der Waals surface area contributed by atoms with Crippen LogP contribution in [0.25, 0.3) is 10.9 Å². The molecule has 3 nitrogen and oxygen atoms in total. The molecule has 0 aliphatic rings. The van der Waals surface area contributed by atoms with Crippen molar-refractivity contribution in [1.82, 2.24) is 4.98 Å². The third-order valence-corrected chi connectivity index (χ3v) is 6.19. The van der Waals surface area contributed by atoms with E-state index in [1.54, 1.807) is 0 Å². The number of rotatable bonds is 18. The number of unbranched alkanes of at least 4 members (excludes halogenated alkanes) is 13.